The SMILES string of the molecule is CSc1cc(C)ccc1CNC(=O)NC1CCCCC1O. The number of thioether (sulfide) groups is 1. The number of nitrogens with one attached hydrogen (secondary N) is 2. The molecule has 0 heterocycles. The largest absolute Gasteiger partial charge is 0.391 e. The van der Waals surface area contributed by atoms with E-state index in [0.717, 1.165) is 31.2 Å². The summed E-state index contributed by atoms with van der Waals surface area (Å²) in [6.45, 7) is 2.57. The summed E-state index contributed by atoms with van der Waals surface area (Å²) in [5.41, 5.74) is 2.34. The van der Waals surface area contributed by atoms with Crippen LogP contribution < -0.4 is 10.6 Å². The van der Waals surface area contributed by atoms with E-state index in [4.69, 9.17) is 0 Å². The second-order valence-electron chi connectivity index (χ2n) is 5.60. The summed E-state index contributed by atoms with van der Waals surface area (Å²) in [5, 5.41) is 15.6. The Kier molecular flexibility index (Phi) is 5.94. The number of aliphatic hydroxyl groups excluding tert-OH is 1. The molecule has 2 rings (SSSR count). The number of carbonyl (C=O) groups excluding carboxylic acids is 1. The van der Waals surface area contributed by atoms with Crippen LogP contribution in [-0.2, 0) is 6.54 Å². The molecule has 0 saturated heterocycles. The monoisotopic (exact) mass is 308 g/mol. The first kappa shape index (κ1) is 16.2. The molecule has 2 amide bonds. The lowest BCUT2D eigenvalue weighted by Gasteiger charge is -2.28. The molecule has 2 unspecified atom stereocenters. The summed E-state index contributed by atoms with van der Waals surface area (Å²) in [6.07, 6.45) is 5.37. The van der Waals surface area contributed by atoms with E-state index >= 15 is 0 Å². The molecule has 1 aromatic rings. The lowest BCUT2D eigenvalue weighted by Crippen LogP contribution is -2.48. The maximum absolute atomic E-state index is 12.0. The lowest BCUT2D eigenvalue weighted by atomic mass is 9.93. The highest BCUT2D eigenvalue weighted by molar-refractivity contribution is 7.98. The third-order valence-electron chi connectivity index (χ3n) is 3.93. The van der Waals surface area contributed by atoms with Crippen molar-refractivity contribution in [3.05, 3.63) is 29.3 Å². The Morgan fingerprint density at radius 2 is 2.14 bits per heavy atom. The topological polar surface area (TPSA) is 61.4 Å². The van der Waals surface area contributed by atoms with Crippen LogP contribution in [0.3, 0.4) is 0 Å². The fraction of sp³-hybridized carbons (Fsp3) is 0.562. The Balaban J connectivity index is 1.86. The van der Waals surface area contributed by atoms with Gasteiger partial charge in [0.2, 0.25) is 0 Å². The molecule has 1 aliphatic rings. The highest BCUT2D eigenvalue weighted by Crippen LogP contribution is 2.22. The molecule has 116 valence electrons. The molecule has 0 aromatic heterocycles. The minimum Gasteiger partial charge on any atom is -0.391 e. The number of hydrogen-bond acceptors (Lipinski definition) is 3. The van der Waals surface area contributed by atoms with E-state index in [-0.39, 0.29) is 12.1 Å². The molecule has 0 radical (unpaired) electrons. The first-order chi connectivity index (χ1) is 10.1. The third-order valence-corrected chi connectivity index (χ3v) is 4.75. The molecule has 5 heteroatoms. The van der Waals surface area contributed by atoms with Gasteiger partial charge in [-0.25, -0.2) is 4.79 Å². The van der Waals surface area contributed by atoms with Crippen molar-refractivity contribution in [2.24, 2.45) is 0 Å². The van der Waals surface area contributed by atoms with E-state index in [1.54, 1.807) is 11.8 Å². The average molecular weight is 308 g/mol. The van der Waals surface area contributed by atoms with Gasteiger partial charge in [0, 0.05) is 11.4 Å². The number of aryl methyl sites for hydroxylation is 1. The van der Waals surface area contributed by atoms with E-state index in [0.29, 0.717) is 6.54 Å². The lowest BCUT2D eigenvalue weighted by molar-refractivity contribution is 0.0943. The highest BCUT2D eigenvalue weighted by atomic mass is 32.2. The summed E-state index contributed by atoms with van der Waals surface area (Å²) in [5.74, 6) is 0. The molecule has 0 bridgehead atoms. The summed E-state index contributed by atoms with van der Waals surface area (Å²) >= 11 is 1.69. The van der Waals surface area contributed by atoms with Gasteiger partial charge in [0.25, 0.3) is 0 Å². The predicted octanol–water partition coefficient (Wildman–Crippen LogP) is 2.82. The molecule has 0 spiro atoms. The van der Waals surface area contributed by atoms with Crippen molar-refractivity contribution in [1.29, 1.82) is 0 Å². The standard InChI is InChI=1S/C16H24N2O2S/c1-11-7-8-12(15(9-11)21-2)10-17-16(20)18-13-5-3-4-6-14(13)19/h7-9,13-14,19H,3-6,10H2,1-2H3,(H2,17,18,20). The molecular weight excluding hydrogens is 284 g/mol. The maximum Gasteiger partial charge on any atom is 0.315 e. The van der Waals surface area contributed by atoms with Crippen molar-refractivity contribution in [2.45, 2.75) is 56.2 Å². The second kappa shape index (κ2) is 7.71. The summed E-state index contributed by atoms with van der Waals surface area (Å²) < 4.78 is 0. The van der Waals surface area contributed by atoms with Crippen molar-refractivity contribution in [2.75, 3.05) is 6.26 Å². The van der Waals surface area contributed by atoms with Crippen LogP contribution in [-0.4, -0.2) is 29.5 Å². The van der Waals surface area contributed by atoms with E-state index in [2.05, 4.69) is 35.8 Å². The Labute approximate surface area is 130 Å². The second-order valence-corrected chi connectivity index (χ2v) is 6.45. The molecule has 0 aliphatic heterocycles. The van der Waals surface area contributed by atoms with Crippen LogP contribution in [0.4, 0.5) is 4.79 Å². The van der Waals surface area contributed by atoms with Crippen molar-refractivity contribution in [3.63, 3.8) is 0 Å². The molecule has 1 fully saturated rings. The number of hydrogen-bond donors (Lipinski definition) is 3. The van der Waals surface area contributed by atoms with Crippen LogP contribution in [0.25, 0.3) is 0 Å². The fourth-order valence-corrected chi connectivity index (χ4v) is 3.38. The van der Waals surface area contributed by atoms with Gasteiger partial charge in [0.1, 0.15) is 0 Å². The number of benzene rings is 1. The summed E-state index contributed by atoms with van der Waals surface area (Å²) in [7, 11) is 0. The van der Waals surface area contributed by atoms with Crippen LogP contribution in [0.5, 0.6) is 0 Å². The molecule has 2 atom stereocenters. The minimum absolute atomic E-state index is 0.114. The van der Waals surface area contributed by atoms with Crippen molar-refractivity contribution >= 4 is 17.8 Å². The number of amides is 2. The highest BCUT2D eigenvalue weighted by Gasteiger charge is 2.24. The number of carbonyl (C=O) groups is 1. The number of rotatable bonds is 4. The molecule has 3 N–H and O–H groups in total. The van der Waals surface area contributed by atoms with E-state index in [1.807, 2.05) is 6.26 Å². The fourth-order valence-electron chi connectivity index (χ4n) is 2.67. The zero-order valence-electron chi connectivity index (χ0n) is 12.7. The molecule has 1 aromatic carbocycles. The number of aliphatic hydroxyl groups is 1. The summed E-state index contributed by atoms with van der Waals surface area (Å²) in [4.78, 5) is 13.1. The van der Waals surface area contributed by atoms with Crippen LogP contribution in [0.2, 0.25) is 0 Å². The Hall–Kier alpha value is -1.20. The van der Waals surface area contributed by atoms with Gasteiger partial charge < -0.3 is 15.7 Å². The van der Waals surface area contributed by atoms with Gasteiger partial charge in [-0.3, -0.25) is 0 Å². The van der Waals surface area contributed by atoms with Gasteiger partial charge in [0.15, 0.2) is 0 Å². The first-order valence-electron chi connectivity index (χ1n) is 7.46. The molecular formula is C16H24N2O2S. The van der Waals surface area contributed by atoms with Crippen LogP contribution in [0.1, 0.15) is 36.8 Å². The average Bonchev–Trinajstić information content (AvgIpc) is 2.48. The predicted molar refractivity (Wildman–Crippen MR) is 86.6 cm³/mol. The van der Waals surface area contributed by atoms with Crippen molar-refractivity contribution in [1.82, 2.24) is 10.6 Å². The molecule has 1 aliphatic carbocycles. The van der Waals surface area contributed by atoms with Gasteiger partial charge in [-0.05, 0) is 43.2 Å². The van der Waals surface area contributed by atoms with Gasteiger partial charge >= 0.3 is 6.03 Å². The molecule has 4 nitrogen and oxygen atoms in total. The number of urea groups is 1. The molecule has 1 saturated carbocycles. The normalized spacial score (nSPS) is 21.9. The third kappa shape index (κ3) is 4.64. The zero-order valence-corrected chi connectivity index (χ0v) is 13.5. The van der Waals surface area contributed by atoms with Crippen molar-refractivity contribution < 1.29 is 9.90 Å². The van der Waals surface area contributed by atoms with E-state index in [1.165, 1.54) is 10.5 Å². The Bertz CT molecular complexity index is 493. The maximum atomic E-state index is 12.0. The van der Waals surface area contributed by atoms with Gasteiger partial charge in [0.05, 0.1) is 12.1 Å². The quantitative estimate of drug-likeness (QED) is 0.750. The molecule has 21 heavy (non-hydrogen) atoms. The van der Waals surface area contributed by atoms with E-state index < -0.39 is 6.10 Å². The Morgan fingerprint density at radius 1 is 1.38 bits per heavy atom. The van der Waals surface area contributed by atoms with Crippen molar-refractivity contribution in [3.8, 4) is 0 Å². The zero-order chi connectivity index (χ0) is 15.2. The van der Waals surface area contributed by atoms with Gasteiger partial charge in [-0.2, -0.15) is 0 Å². The Morgan fingerprint density at radius 3 is 2.86 bits per heavy atom. The van der Waals surface area contributed by atoms with Gasteiger partial charge in [-0.1, -0.05) is 25.0 Å². The van der Waals surface area contributed by atoms with E-state index in [9.17, 15) is 9.90 Å². The summed E-state index contributed by atoms with van der Waals surface area (Å²) in [6, 6.07) is 5.92. The smallest absolute Gasteiger partial charge is 0.315 e. The first-order valence-corrected chi connectivity index (χ1v) is 8.68. The van der Waals surface area contributed by atoms with Gasteiger partial charge in [-0.15, -0.1) is 11.8 Å². The van der Waals surface area contributed by atoms with Crippen LogP contribution in [0.15, 0.2) is 23.1 Å². The van der Waals surface area contributed by atoms with Crippen LogP contribution >= 0.6 is 11.8 Å². The minimum atomic E-state index is -0.411. The van der Waals surface area contributed by atoms with Crippen LogP contribution in [0, 0.1) is 6.92 Å².